The Hall–Kier alpha value is -3.32. The van der Waals surface area contributed by atoms with Crippen LogP contribution in [-0.2, 0) is 11.3 Å². The highest BCUT2D eigenvalue weighted by Gasteiger charge is 2.32. The van der Waals surface area contributed by atoms with Crippen molar-refractivity contribution in [2.75, 3.05) is 13.7 Å². The minimum absolute atomic E-state index is 0.105. The molecule has 1 saturated carbocycles. The van der Waals surface area contributed by atoms with Crippen LogP contribution >= 0.6 is 11.6 Å². The quantitative estimate of drug-likeness (QED) is 0.424. The van der Waals surface area contributed by atoms with Crippen molar-refractivity contribution >= 4 is 23.6 Å². The average molecular weight is 454 g/mol. The van der Waals surface area contributed by atoms with E-state index < -0.39 is 0 Å². The number of hydrogen-bond donors (Lipinski definition) is 0. The lowest BCUT2D eigenvalue weighted by atomic mass is 10.2. The van der Waals surface area contributed by atoms with Gasteiger partial charge in [0, 0.05) is 22.7 Å². The number of rotatable bonds is 9. The van der Waals surface area contributed by atoms with Crippen molar-refractivity contribution in [1.82, 2.24) is 15.1 Å². The standard InChI is InChI=1S/C24H24ClN3O4/c1-3-31-20-12-4-16(14-21(20)30-2)5-13-23(29)28(19-10-11-19)15-22-26-27-24(32-22)17-6-8-18(25)9-7-17/h4-9,12-14,19H,3,10-11,15H2,1-2H3/b13-5+. The van der Waals surface area contributed by atoms with E-state index in [0.29, 0.717) is 34.9 Å². The van der Waals surface area contributed by atoms with Gasteiger partial charge in [-0.2, -0.15) is 0 Å². The SMILES string of the molecule is CCOc1ccc(/C=C/C(=O)N(Cc2nnc(-c3ccc(Cl)cc3)o2)C2CC2)cc1OC. The Morgan fingerprint density at radius 2 is 1.97 bits per heavy atom. The summed E-state index contributed by atoms with van der Waals surface area (Å²) in [5.41, 5.74) is 1.62. The van der Waals surface area contributed by atoms with Crippen LogP contribution in [-0.4, -0.2) is 40.8 Å². The van der Waals surface area contributed by atoms with Crippen LogP contribution in [0, 0.1) is 0 Å². The number of benzene rings is 2. The van der Waals surface area contributed by atoms with Crippen LogP contribution in [0.3, 0.4) is 0 Å². The molecule has 2 aromatic carbocycles. The van der Waals surface area contributed by atoms with Gasteiger partial charge in [-0.25, -0.2) is 0 Å². The van der Waals surface area contributed by atoms with Crippen LogP contribution in [0.15, 0.2) is 53.0 Å². The van der Waals surface area contributed by atoms with Gasteiger partial charge >= 0.3 is 0 Å². The molecule has 0 aliphatic heterocycles. The first-order valence-electron chi connectivity index (χ1n) is 10.4. The first-order valence-corrected chi connectivity index (χ1v) is 10.8. The molecule has 166 valence electrons. The van der Waals surface area contributed by atoms with E-state index in [1.807, 2.05) is 37.3 Å². The van der Waals surface area contributed by atoms with E-state index in [4.69, 9.17) is 25.5 Å². The number of hydrogen-bond acceptors (Lipinski definition) is 6. The van der Waals surface area contributed by atoms with Gasteiger partial charge in [-0.1, -0.05) is 17.7 Å². The van der Waals surface area contributed by atoms with Crippen molar-refractivity contribution in [2.24, 2.45) is 0 Å². The molecule has 1 aromatic heterocycles. The van der Waals surface area contributed by atoms with Gasteiger partial charge in [0.15, 0.2) is 11.5 Å². The number of amides is 1. The molecule has 3 aromatic rings. The third kappa shape index (κ3) is 5.29. The Balaban J connectivity index is 1.45. The van der Waals surface area contributed by atoms with Crippen molar-refractivity contribution in [3.8, 4) is 23.0 Å². The van der Waals surface area contributed by atoms with Crippen molar-refractivity contribution in [2.45, 2.75) is 32.4 Å². The van der Waals surface area contributed by atoms with E-state index in [0.717, 1.165) is 24.0 Å². The van der Waals surface area contributed by atoms with E-state index >= 15 is 0 Å². The number of methoxy groups -OCH3 is 1. The first-order chi connectivity index (χ1) is 15.6. The third-order valence-corrected chi connectivity index (χ3v) is 5.29. The molecule has 1 amide bonds. The van der Waals surface area contributed by atoms with E-state index in [9.17, 15) is 4.79 Å². The van der Waals surface area contributed by atoms with Gasteiger partial charge in [0.1, 0.15) is 0 Å². The highest BCUT2D eigenvalue weighted by molar-refractivity contribution is 6.30. The number of ether oxygens (including phenoxy) is 2. The molecule has 0 saturated heterocycles. The molecule has 0 radical (unpaired) electrons. The normalized spacial score (nSPS) is 13.3. The fourth-order valence-electron chi connectivity index (χ4n) is 3.27. The summed E-state index contributed by atoms with van der Waals surface area (Å²) in [5.74, 6) is 1.99. The van der Waals surface area contributed by atoms with Crippen LogP contribution in [0.4, 0.5) is 0 Å². The van der Waals surface area contributed by atoms with E-state index in [-0.39, 0.29) is 18.5 Å². The predicted octanol–water partition coefficient (Wildman–Crippen LogP) is 5.00. The number of carbonyl (C=O) groups is 1. The first kappa shape index (κ1) is 21.9. The summed E-state index contributed by atoms with van der Waals surface area (Å²) < 4.78 is 16.7. The summed E-state index contributed by atoms with van der Waals surface area (Å²) in [7, 11) is 1.59. The van der Waals surface area contributed by atoms with Crippen molar-refractivity contribution < 1.29 is 18.7 Å². The Labute approximate surface area is 191 Å². The lowest BCUT2D eigenvalue weighted by Crippen LogP contribution is -2.31. The molecule has 0 atom stereocenters. The van der Waals surface area contributed by atoms with Gasteiger partial charge in [0.2, 0.25) is 17.7 Å². The summed E-state index contributed by atoms with van der Waals surface area (Å²) in [6, 6.07) is 12.9. The monoisotopic (exact) mass is 453 g/mol. The maximum Gasteiger partial charge on any atom is 0.247 e. The average Bonchev–Trinajstić information content (AvgIpc) is 3.54. The zero-order valence-electron chi connectivity index (χ0n) is 18.0. The molecule has 0 spiro atoms. The molecule has 8 heteroatoms. The molecular weight excluding hydrogens is 430 g/mol. The van der Waals surface area contributed by atoms with Gasteiger partial charge in [0.25, 0.3) is 0 Å². The smallest absolute Gasteiger partial charge is 0.247 e. The second-order valence-electron chi connectivity index (χ2n) is 7.38. The highest BCUT2D eigenvalue weighted by atomic mass is 35.5. The summed E-state index contributed by atoms with van der Waals surface area (Å²) in [6.07, 6.45) is 5.26. The molecule has 7 nitrogen and oxygen atoms in total. The number of carbonyl (C=O) groups excluding carboxylic acids is 1. The minimum Gasteiger partial charge on any atom is -0.493 e. The molecule has 1 heterocycles. The second kappa shape index (κ2) is 9.87. The van der Waals surface area contributed by atoms with Crippen LogP contribution < -0.4 is 9.47 Å². The highest BCUT2D eigenvalue weighted by Crippen LogP contribution is 2.30. The topological polar surface area (TPSA) is 77.7 Å². The second-order valence-corrected chi connectivity index (χ2v) is 7.82. The fourth-order valence-corrected chi connectivity index (χ4v) is 3.40. The lowest BCUT2D eigenvalue weighted by Gasteiger charge is -2.18. The van der Waals surface area contributed by atoms with Crippen LogP contribution in [0.2, 0.25) is 5.02 Å². The van der Waals surface area contributed by atoms with Crippen LogP contribution in [0.25, 0.3) is 17.5 Å². The minimum atomic E-state index is -0.105. The molecule has 1 aliphatic carbocycles. The van der Waals surface area contributed by atoms with E-state index in [2.05, 4.69) is 10.2 Å². The number of nitrogens with zero attached hydrogens (tertiary/aromatic N) is 3. The largest absolute Gasteiger partial charge is 0.493 e. The summed E-state index contributed by atoms with van der Waals surface area (Å²) >= 11 is 5.93. The molecule has 0 unspecified atom stereocenters. The van der Waals surface area contributed by atoms with Gasteiger partial charge in [-0.05, 0) is 67.8 Å². The lowest BCUT2D eigenvalue weighted by molar-refractivity contribution is -0.127. The zero-order valence-corrected chi connectivity index (χ0v) is 18.7. The van der Waals surface area contributed by atoms with Crippen molar-refractivity contribution in [3.63, 3.8) is 0 Å². The van der Waals surface area contributed by atoms with Gasteiger partial charge in [-0.15, -0.1) is 10.2 Å². The Kier molecular flexibility index (Phi) is 6.75. The maximum absolute atomic E-state index is 12.9. The fraction of sp³-hybridized carbons (Fsp3) is 0.292. The molecule has 1 aliphatic rings. The van der Waals surface area contributed by atoms with E-state index in [1.54, 1.807) is 36.3 Å². The third-order valence-electron chi connectivity index (χ3n) is 5.04. The van der Waals surface area contributed by atoms with Crippen molar-refractivity contribution in [1.29, 1.82) is 0 Å². The van der Waals surface area contributed by atoms with Gasteiger partial charge in [0.05, 0.1) is 20.3 Å². The number of aromatic nitrogens is 2. The van der Waals surface area contributed by atoms with Crippen molar-refractivity contribution in [3.05, 3.63) is 65.0 Å². The summed E-state index contributed by atoms with van der Waals surface area (Å²) in [4.78, 5) is 14.7. The maximum atomic E-state index is 12.9. The molecule has 1 fully saturated rings. The van der Waals surface area contributed by atoms with Gasteiger partial charge < -0.3 is 18.8 Å². The number of halogens is 1. The molecule has 0 bridgehead atoms. The Morgan fingerprint density at radius 1 is 1.19 bits per heavy atom. The Bertz CT molecular complexity index is 1110. The summed E-state index contributed by atoms with van der Waals surface area (Å²) in [6.45, 7) is 2.73. The molecule has 0 N–H and O–H groups in total. The van der Waals surface area contributed by atoms with E-state index in [1.165, 1.54) is 0 Å². The summed E-state index contributed by atoms with van der Waals surface area (Å²) in [5, 5.41) is 8.86. The molecule has 32 heavy (non-hydrogen) atoms. The molecule has 4 rings (SSSR count). The van der Waals surface area contributed by atoms with Crippen LogP contribution in [0.5, 0.6) is 11.5 Å². The van der Waals surface area contributed by atoms with Crippen LogP contribution in [0.1, 0.15) is 31.2 Å². The predicted molar refractivity (Wildman–Crippen MR) is 122 cm³/mol. The molecular formula is C24H24ClN3O4. The van der Waals surface area contributed by atoms with Gasteiger partial charge in [-0.3, -0.25) is 4.79 Å². The zero-order chi connectivity index (χ0) is 22.5. The Morgan fingerprint density at radius 3 is 2.66 bits per heavy atom.